The Bertz CT molecular complexity index is 855. The lowest BCUT2D eigenvalue weighted by molar-refractivity contribution is 0.0960. The van der Waals surface area contributed by atoms with Crippen LogP contribution in [-0.4, -0.2) is 23.9 Å². The second kappa shape index (κ2) is 6.91. The van der Waals surface area contributed by atoms with Crippen molar-refractivity contribution in [1.82, 2.24) is 10.5 Å². The number of nitrogens with one attached hydrogen (secondary N) is 1. The average Bonchev–Trinajstić information content (AvgIpc) is 3.06. The zero-order valence-corrected chi connectivity index (χ0v) is 13.2. The van der Waals surface area contributed by atoms with Gasteiger partial charge in [-0.15, -0.1) is 0 Å². The Morgan fingerprint density at radius 3 is 2.25 bits per heavy atom. The SMILES string of the molecule is CNC(=O)c1c(-c2ccccc2)noc1CC(=O)c1ccccc1. The summed E-state index contributed by atoms with van der Waals surface area (Å²) in [6.45, 7) is 0. The topological polar surface area (TPSA) is 72.2 Å². The Labute approximate surface area is 139 Å². The number of nitrogens with zero attached hydrogens (tertiary/aromatic N) is 1. The van der Waals surface area contributed by atoms with Crippen LogP contribution in [0.5, 0.6) is 0 Å². The molecule has 0 spiro atoms. The van der Waals surface area contributed by atoms with Gasteiger partial charge in [-0.1, -0.05) is 65.8 Å². The van der Waals surface area contributed by atoms with Gasteiger partial charge in [0.15, 0.2) is 11.5 Å². The smallest absolute Gasteiger partial charge is 0.256 e. The van der Waals surface area contributed by atoms with Crippen molar-refractivity contribution in [3.63, 3.8) is 0 Å². The molecule has 1 amide bonds. The molecule has 0 aliphatic rings. The minimum Gasteiger partial charge on any atom is -0.359 e. The first-order valence-electron chi connectivity index (χ1n) is 7.55. The van der Waals surface area contributed by atoms with Crippen LogP contribution in [0.1, 0.15) is 26.5 Å². The second-order valence-electron chi connectivity index (χ2n) is 5.24. The lowest BCUT2D eigenvalue weighted by Gasteiger charge is -2.03. The molecule has 0 unspecified atom stereocenters. The van der Waals surface area contributed by atoms with E-state index in [0.29, 0.717) is 16.8 Å². The fourth-order valence-electron chi connectivity index (χ4n) is 2.47. The maximum atomic E-state index is 12.4. The summed E-state index contributed by atoms with van der Waals surface area (Å²) in [6, 6.07) is 18.2. The first-order chi connectivity index (χ1) is 11.7. The molecular weight excluding hydrogens is 304 g/mol. The molecule has 0 saturated carbocycles. The predicted octanol–water partition coefficient (Wildman–Crippen LogP) is 3.13. The van der Waals surface area contributed by atoms with E-state index in [1.807, 2.05) is 36.4 Å². The van der Waals surface area contributed by atoms with E-state index in [9.17, 15) is 9.59 Å². The Morgan fingerprint density at radius 2 is 1.62 bits per heavy atom. The number of hydrogen-bond acceptors (Lipinski definition) is 4. The summed E-state index contributed by atoms with van der Waals surface area (Å²) in [5.74, 6) is -0.190. The summed E-state index contributed by atoms with van der Waals surface area (Å²) in [5, 5.41) is 6.59. The van der Waals surface area contributed by atoms with Crippen LogP contribution in [0.2, 0.25) is 0 Å². The molecule has 5 heteroatoms. The van der Waals surface area contributed by atoms with Gasteiger partial charge >= 0.3 is 0 Å². The molecule has 1 N–H and O–H groups in total. The third-order valence-electron chi connectivity index (χ3n) is 3.68. The molecule has 3 aromatic rings. The molecule has 0 aliphatic carbocycles. The number of hydrogen-bond donors (Lipinski definition) is 1. The Morgan fingerprint density at radius 1 is 1.00 bits per heavy atom. The molecule has 1 heterocycles. The first kappa shape index (κ1) is 15.7. The summed E-state index contributed by atoms with van der Waals surface area (Å²) in [5.41, 5.74) is 2.06. The average molecular weight is 320 g/mol. The van der Waals surface area contributed by atoms with Gasteiger partial charge in [0, 0.05) is 18.2 Å². The number of amides is 1. The van der Waals surface area contributed by atoms with Gasteiger partial charge in [0.05, 0.1) is 6.42 Å². The standard InChI is InChI=1S/C19H16N2O3/c1-20-19(23)17-16(12-15(22)13-8-4-2-5-9-13)24-21-18(17)14-10-6-3-7-11-14/h2-11H,12H2,1H3,(H,20,23). The monoisotopic (exact) mass is 320 g/mol. The first-order valence-corrected chi connectivity index (χ1v) is 7.55. The second-order valence-corrected chi connectivity index (χ2v) is 5.24. The maximum absolute atomic E-state index is 12.4. The van der Waals surface area contributed by atoms with Crippen molar-refractivity contribution in [2.24, 2.45) is 0 Å². The number of carbonyl (C=O) groups is 2. The van der Waals surface area contributed by atoms with Crippen LogP contribution < -0.4 is 5.32 Å². The van der Waals surface area contributed by atoms with Crippen molar-refractivity contribution in [3.8, 4) is 11.3 Å². The van der Waals surface area contributed by atoms with Crippen molar-refractivity contribution in [2.45, 2.75) is 6.42 Å². The molecular formula is C19H16N2O3. The van der Waals surface area contributed by atoms with Crippen LogP contribution in [0.3, 0.4) is 0 Å². The number of aromatic nitrogens is 1. The number of rotatable bonds is 5. The van der Waals surface area contributed by atoms with E-state index in [0.717, 1.165) is 5.56 Å². The zero-order valence-electron chi connectivity index (χ0n) is 13.2. The molecule has 0 bridgehead atoms. The predicted molar refractivity (Wildman–Crippen MR) is 89.8 cm³/mol. The molecule has 3 rings (SSSR count). The maximum Gasteiger partial charge on any atom is 0.256 e. The van der Waals surface area contributed by atoms with E-state index in [-0.39, 0.29) is 23.9 Å². The van der Waals surface area contributed by atoms with Gasteiger partial charge in [0.1, 0.15) is 11.3 Å². The highest BCUT2D eigenvalue weighted by atomic mass is 16.5. The largest absolute Gasteiger partial charge is 0.359 e. The molecule has 120 valence electrons. The van der Waals surface area contributed by atoms with Gasteiger partial charge in [-0.05, 0) is 0 Å². The minimum absolute atomic E-state index is 0.0212. The zero-order chi connectivity index (χ0) is 16.9. The van der Waals surface area contributed by atoms with Crippen LogP contribution in [-0.2, 0) is 6.42 Å². The lowest BCUT2D eigenvalue weighted by Crippen LogP contribution is -2.20. The number of benzene rings is 2. The van der Waals surface area contributed by atoms with E-state index in [2.05, 4.69) is 10.5 Å². The molecule has 2 aromatic carbocycles. The normalized spacial score (nSPS) is 10.4. The van der Waals surface area contributed by atoms with E-state index >= 15 is 0 Å². The highest BCUT2D eigenvalue weighted by molar-refractivity contribution is 6.03. The molecule has 0 fully saturated rings. The minimum atomic E-state index is -0.328. The third-order valence-corrected chi connectivity index (χ3v) is 3.68. The van der Waals surface area contributed by atoms with Crippen molar-refractivity contribution in [3.05, 3.63) is 77.6 Å². The molecule has 1 aromatic heterocycles. The molecule has 0 radical (unpaired) electrons. The number of Topliss-reactive ketones (excluding diaryl/α,β-unsaturated/α-hetero) is 1. The molecule has 0 aliphatic heterocycles. The van der Waals surface area contributed by atoms with Crippen LogP contribution in [0.25, 0.3) is 11.3 Å². The van der Waals surface area contributed by atoms with Crippen molar-refractivity contribution in [1.29, 1.82) is 0 Å². The summed E-state index contributed by atoms with van der Waals surface area (Å²) in [7, 11) is 1.53. The summed E-state index contributed by atoms with van der Waals surface area (Å²) < 4.78 is 5.33. The number of carbonyl (C=O) groups excluding carboxylic acids is 2. The Hall–Kier alpha value is -3.21. The quantitative estimate of drug-likeness (QED) is 0.733. The summed E-state index contributed by atoms with van der Waals surface area (Å²) in [6.07, 6.45) is -0.0212. The fraction of sp³-hybridized carbons (Fsp3) is 0.105. The van der Waals surface area contributed by atoms with Gasteiger partial charge in [0.25, 0.3) is 5.91 Å². The number of ketones is 1. The lowest BCUT2D eigenvalue weighted by atomic mass is 10.0. The van der Waals surface area contributed by atoms with Crippen LogP contribution >= 0.6 is 0 Å². The molecule has 24 heavy (non-hydrogen) atoms. The van der Waals surface area contributed by atoms with Gasteiger partial charge in [-0.2, -0.15) is 0 Å². The molecule has 0 atom stereocenters. The van der Waals surface area contributed by atoms with Gasteiger partial charge in [-0.25, -0.2) is 0 Å². The Kier molecular flexibility index (Phi) is 4.52. The van der Waals surface area contributed by atoms with Crippen LogP contribution in [0.15, 0.2) is 65.2 Å². The van der Waals surface area contributed by atoms with Crippen molar-refractivity contribution < 1.29 is 14.1 Å². The van der Waals surface area contributed by atoms with Gasteiger partial charge in [0.2, 0.25) is 0 Å². The molecule has 0 saturated heterocycles. The van der Waals surface area contributed by atoms with E-state index in [1.165, 1.54) is 7.05 Å². The van der Waals surface area contributed by atoms with E-state index in [4.69, 9.17) is 4.52 Å². The van der Waals surface area contributed by atoms with E-state index < -0.39 is 0 Å². The summed E-state index contributed by atoms with van der Waals surface area (Å²) in [4.78, 5) is 24.7. The van der Waals surface area contributed by atoms with Gasteiger partial charge in [-0.3, -0.25) is 9.59 Å². The highest BCUT2D eigenvalue weighted by Crippen LogP contribution is 2.26. The third kappa shape index (κ3) is 3.10. The van der Waals surface area contributed by atoms with Crippen LogP contribution in [0, 0.1) is 0 Å². The fourth-order valence-corrected chi connectivity index (χ4v) is 2.47. The van der Waals surface area contributed by atoms with Crippen LogP contribution in [0.4, 0.5) is 0 Å². The van der Waals surface area contributed by atoms with Gasteiger partial charge < -0.3 is 9.84 Å². The molecule has 5 nitrogen and oxygen atoms in total. The summed E-state index contributed by atoms with van der Waals surface area (Å²) >= 11 is 0. The Balaban J connectivity index is 1.98. The van der Waals surface area contributed by atoms with Crippen molar-refractivity contribution in [2.75, 3.05) is 7.05 Å². The highest BCUT2D eigenvalue weighted by Gasteiger charge is 2.25. The van der Waals surface area contributed by atoms with E-state index in [1.54, 1.807) is 24.3 Å². The van der Waals surface area contributed by atoms with Crippen molar-refractivity contribution >= 4 is 11.7 Å².